The molecule has 1 unspecified atom stereocenters. The molecule has 0 aliphatic carbocycles. The number of anilines is 1. The van der Waals surface area contributed by atoms with Crippen LogP contribution >= 0.6 is 11.6 Å². The minimum atomic E-state index is -3.66. The van der Waals surface area contributed by atoms with E-state index in [4.69, 9.17) is 16.3 Å². The van der Waals surface area contributed by atoms with Crippen molar-refractivity contribution in [1.29, 1.82) is 0 Å². The first-order chi connectivity index (χ1) is 15.4. The van der Waals surface area contributed by atoms with Crippen LogP contribution in [0.15, 0.2) is 65.6 Å². The summed E-state index contributed by atoms with van der Waals surface area (Å²) in [6.45, 7) is 2.63. The summed E-state index contributed by atoms with van der Waals surface area (Å²) in [5.41, 5.74) is 1.70. The molecule has 1 fully saturated rings. The van der Waals surface area contributed by atoms with Crippen LogP contribution in [0.5, 0.6) is 0 Å². The number of halogens is 1. The number of rotatable bonds is 3. The van der Waals surface area contributed by atoms with Crippen LogP contribution in [0.2, 0.25) is 0 Å². The number of benzene rings is 3. The molecule has 2 aliphatic rings. The van der Waals surface area contributed by atoms with Crippen LogP contribution in [-0.2, 0) is 14.8 Å². The molecule has 0 aromatic heterocycles. The van der Waals surface area contributed by atoms with Gasteiger partial charge >= 0.3 is 6.09 Å². The first-order valence-corrected chi connectivity index (χ1v) is 12.5. The largest absolute Gasteiger partial charge is 0.425 e. The topological polar surface area (TPSA) is 66.9 Å². The highest BCUT2D eigenvalue weighted by atomic mass is 35.5. The lowest BCUT2D eigenvalue weighted by molar-refractivity contribution is 0.129. The van der Waals surface area contributed by atoms with Gasteiger partial charge in [-0.1, -0.05) is 60.1 Å². The highest BCUT2D eigenvalue weighted by molar-refractivity contribution is 7.89. The SMILES string of the molecule is Cc1ccc(S(=O)(=O)N2CCC(N3C(=O)OC(Cl)c4ccccc43)CC2)c2ccccc12. The molecular weight excluding hydrogens is 448 g/mol. The van der Waals surface area contributed by atoms with Gasteiger partial charge in [0.1, 0.15) is 0 Å². The number of aryl methyl sites for hydroxylation is 1. The Bertz CT molecular complexity index is 1300. The van der Waals surface area contributed by atoms with E-state index in [-0.39, 0.29) is 6.04 Å². The van der Waals surface area contributed by atoms with Crippen molar-refractivity contribution >= 4 is 44.2 Å². The molecule has 0 radical (unpaired) electrons. The Morgan fingerprint density at radius 2 is 1.59 bits per heavy atom. The van der Waals surface area contributed by atoms with Crippen LogP contribution < -0.4 is 4.90 Å². The first kappa shape index (κ1) is 21.2. The van der Waals surface area contributed by atoms with Gasteiger partial charge in [0.15, 0.2) is 0 Å². The van der Waals surface area contributed by atoms with Crippen molar-refractivity contribution in [3.8, 4) is 0 Å². The van der Waals surface area contributed by atoms with Gasteiger partial charge in [0.25, 0.3) is 0 Å². The molecule has 0 spiro atoms. The number of nitrogens with zero attached hydrogens (tertiary/aromatic N) is 2. The van der Waals surface area contributed by atoms with E-state index in [1.54, 1.807) is 11.0 Å². The van der Waals surface area contributed by atoms with Gasteiger partial charge < -0.3 is 4.74 Å². The number of fused-ring (bicyclic) bond motifs is 2. The molecule has 32 heavy (non-hydrogen) atoms. The smallest absolute Gasteiger partial charge is 0.416 e. The van der Waals surface area contributed by atoms with Gasteiger partial charge in [-0.3, -0.25) is 4.90 Å². The van der Waals surface area contributed by atoms with E-state index in [1.165, 1.54) is 4.31 Å². The molecule has 166 valence electrons. The summed E-state index contributed by atoms with van der Waals surface area (Å²) in [6, 6.07) is 18.4. The fourth-order valence-electron chi connectivity index (χ4n) is 4.68. The third-order valence-corrected chi connectivity index (χ3v) is 8.63. The molecule has 1 saturated heterocycles. The van der Waals surface area contributed by atoms with Crippen molar-refractivity contribution in [3.63, 3.8) is 0 Å². The Kier molecular flexibility index (Phi) is 5.35. The number of piperidine rings is 1. The number of hydrogen-bond acceptors (Lipinski definition) is 4. The second-order valence-electron chi connectivity index (χ2n) is 8.19. The Balaban J connectivity index is 1.40. The van der Waals surface area contributed by atoms with E-state index in [1.807, 2.05) is 61.5 Å². The monoisotopic (exact) mass is 470 g/mol. The first-order valence-electron chi connectivity index (χ1n) is 10.6. The summed E-state index contributed by atoms with van der Waals surface area (Å²) in [5, 5.41) is 1.67. The third kappa shape index (κ3) is 3.45. The molecule has 8 heteroatoms. The summed E-state index contributed by atoms with van der Waals surface area (Å²) in [6.07, 6.45) is 0.535. The molecule has 0 bridgehead atoms. The summed E-state index contributed by atoms with van der Waals surface area (Å²) >= 11 is 6.20. The lowest BCUT2D eigenvalue weighted by Gasteiger charge is -2.40. The molecule has 2 heterocycles. The second-order valence-corrected chi connectivity index (χ2v) is 10.5. The lowest BCUT2D eigenvalue weighted by Crippen LogP contribution is -2.50. The zero-order valence-corrected chi connectivity index (χ0v) is 19.1. The van der Waals surface area contributed by atoms with E-state index in [0.29, 0.717) is 30.8 Å². The maximum Gasteiger partial charge on any atom is 0.416 e. The van der Waals surface area contributed by atoms with Crippen molar-refractivity contribution in [2.75, 3.05) is 18.0 Å². The van der Waals surface area contributed by atoms with Crippen molar-refractivity contribution in [2.45, 2.75) is 36.3 Å². The van der Waals surface area contributed by atoms with Gasteiger partial charge in [-0.15, -0.1) is 0 Å². The molecule has 2 aliphatic heterocycles. The third-order valence-electron chi connectivity index (χ3n) is 6.35. The summed E-state index contributed by atoms with van der Waals surface area (Å²) in [4.78, 5) is 14.6. The fraction of sp³-hybridized carbons (Fsp3) is 0.292. The Morgan fingerprint density at radius 1 is 0.938 bits per heavy atom. The van der Waals surface area contributed by atoms with Crippen LogP contribution in [0, 0.1) is 6.92 Å². The predicted molar refractivity (Wildman–Crippen MR) is 124 cm³/mol. The van der Waals surface area contributed by atoms with Crippen LogP contribution in [0.3, 0.4) is 0 Å². The number of hydrogen-bond donors (Lipinski definition) is 0. The molecule has 1 amide bonds. The van der Waals surface area contributed by atoms with Crippen LogP contribution in [0.4, 0.5) is 10.5 Å². The van der Waals surface area contributed by atoms with Gasteiger partial charge in [-0.25, -0.2) is 13.2 Å². The normalized spacial score (nSPS) is 20.2. The van der Waals surface area contributed by atoms with E-state index >= 15 is 0 Å². The van der Waals surface area contributed by atoms with Crippen molar-refractivity contribution in [3.05, 3.63) is 71.8 Å². The van der Waals surface area contributed by atoms with Crippen LogP contribution in [0.1, 0.15) is 29.5 Å². The molecule has 6 nitrogen and oxygen atoms in total. The van der Waals surface area contributed by atoms with Crippen LogP contribution in [-0.4, -0.2) is 37.9 Å². The second kappa shape index (κ2) is 8.06. The molecule has 5 rings (SSSR count). The van der Waals surface area contributed by atoms with Gasteiger partial charge in [0.05, 0.1) is 10.6 Å². The van der Waals surface area contributed by atoms with Crippen LogP contribution in [0.25, 0.3) is 10.8 Å². The van der Waals surface area contributed by atoms with Gasteiger partial charge in [-0.05, 0) is 42.8 Å². The number of para-hydroxylation sites is 1. The number of ether oxygens (including phenoxy) is 1. The lowest BCUT2D eigenvalue weighted by atomic mass is 10.0. The minimum absolute atomic E-state index is 0.158. The average molecular weight is 471 g/mol. The predicted octanol–water partition coefficient (Wildman–Crippen LogP) is 5.20. The van der Waals surface area contributed by atoms with E-state index in [0.717, 1.165) is 27.6 Å². The highest BCUT2D eigenvalue weighted by Crippen LogP contribution is 2.39. The number of carbonyl (C=O) groups excluding carboxylic acids is 1. The molecule has 0 N–H and O–H groups in total. The maximum atomic E-state index is 13.5. The number of alkyl halides is 1. The summed E-state index contributed by atoms with van der Waals surface area (Å²) in [5.74, 6) is 0. The molecule has 3 aromatic carbocycles. The molecule has 3 aromatic rings. The molecular formula is C24H23ClN2O4S. The molecule has 0 saturated carbocycles. The number of amides is 1. The number of carbonyl (C=O) groups is 1. The standard InChI is InChI=1S/C24H23ClN2O4S/c1-16-10-11-22(19-7-3-2-6-18(16)19)32(29,30)26-14-12-17(13-15-26)27-21-9-5-4-8-20(21)23(25)31-24(27)28/h2-11,17,23H,12-15H2,1H3. The maximum absolute atomic E-state index is 13.5. The van der Waals surface area contributed by atoms with Crippen molar-refractivity contribution in [2.24, 2.45) is 0 Å². The quantitative estimate of drug-likeness (QED) is 0.494. The van der Waals surface area contributed by atoms with Gasteiger partial charge in [-0.2, -0.15) is 4.31 Å². The average Bonchev–Trinajstić information content (AvgIpc) is 2.80. The van der Waals surface area contributed by atoms with Gasteiger partial charge in [0.2, 0.25) is 15.6 Å². The number of sulfonamides is 1. The fourth-order valence-corrected chi connectivity index (χ4v) is 6.60. The Hall–Kier alpha value is -2.61. The van der Waals surface area contributed by atoms with E-state index in [9.17, 15) is 13.2 Å². The van der Waals surface area contributed by atoms with Crippen molar-refractivity contribution < 1.29 is 17.9 Å². The Labute approximate surface area is 192 Å². The summed E-state index contributed by atoms with van der Waals surface area (Å²) < 4.78 is 33.9. The van der Waals surface area contributed by atoms with E-state index in [2.05, 4.69) is 0 Å². The van der Waals surface area contributed by atoms with Crippen molar-refractivity contribution in [1.82, 2.24) is 4.31 Å². The minimum Gasteiger partial charge on any atom is -0.425 e. The Morgan fingerprint density at radius 3 is 2.34 bits per heavy atom. The van der Waals surface area contributed by atoms with Gasteiger partial charge in [0, 0.05) is 30.1 Å². The molecule has 1 atom stereocenters. The number of cyclic esters (lactones) is 1. The summed E-state index contributed by atoms with van der Waals surface area (Å²) in [7, 11) is -3.66. The highest BCUT2D eigenvalue weighted by Gasteiger charge is 2.39. The zero-order valence-electron chi connectivity index (χ0n) is 17.6. The zero-order chi connectivity index (χ0) is 22.5. The van der Waals surface area contributed by atoms with E-state index < -0.39 is 21.7 Å².